The van der Waals surface area contributed by atoms with Gasteiger partial charge in [-0.3, -0.25) is 0 Å². The largest absolute Gasteiger partial charge is 0.381 e. The first-order chi connectivity index (χ1) is 11.7. The van der Waals surface area contributed by atoms with Crippen molar-refractivity contribution in [3.8, 4) is 0 Å². The molecular formula is C20H28ClNO2. The van der Waals surface area contributed by atoms with Crippen LogP contribution in [0.2, 0.25) is 5.02 Å². The Balaban J connectivity index is 1.29. The van der Waals surface area contributed by atoms with Crippen LogP contribution in [0.25, 0.3) is 0 Å². The van der Waals surface area contributed by atoms with Gasteiger partial charge in [0.15, 0.2) is 0 Å². The molecule has 1 aromatic carbocycles. The monoisotopic (exact) mass is 349 g/mol. The SMILES string of the molecule is Clc1ccc(C[C@H]2CC3(CCN(C4CCOCC4)CC3)CO2)cc1. The highest BCUT2D eigenvalue weighted by Gasteiger charge is 2.43. The van der Waals surface area contributed by atoms with E-state index in [9.17, 15) is 0 Å². The number of ether oxygens (including phenoxy) is 2. The number of rotatable bonds is 3. The number of piperidine rings is 1. The van der Waals surface area contributed by atoms with Crippen LogP contribution < -0.4 is 0 Å². The maximum Gasteiger partial charge on any atom is 0.0621 e. The molecule has 1 aromatic rings. The summed E-state index contributed by atoms with van der Waals surface area (Å²) in [5, 5.41) is 0.808. The van der Waals surface area contributed by atoms with E-state index in [-0.39, 0.29) is 0 Å². The molecule has 24 heavy (non-hydrogen) atoms. The zero-order chi connectivity index (χ0) is 16.4. The van der Waals surface area contributed by atoms with Gasteiger partial charge in [-0.25, -0.2) is 0 Å². The quantitative estimate of drug-likeness (QED) is 0.825. The van der Waals surface area contributed by atoms with E-state index >= 15 is 0 Å². The molecule has 3 nitrogen and oxygen atoms in total. The predicted molar refractivity (Wildman–Crippen MR) is 96.6 cm³/mol. The lowest BCUT2D eigenvalue weighted by Gasteiger charge is -2.43. The fourth-order valence-electron chi connectivity index (χ4n) is 4.67. The molecule has 0 saturated carbocycles. The number of hydrogen-bond donors (Lipinski definition) is 0. The molecule has 0 amide bonds. The van der Waals surface area contributed by atoms with Gasteiger partial charge in [0.1, 0.15) is 0 Å². The van der Waals surface area contributed by atoms with Crippen LogP contribution in [0.5, 0.6) is 0 Å². The third-order valence-corrected chi connectivity index (χ3v) is 6.48. The number of likely N-dealkylation sites (tertiary alicyclic amines) is 1. The van der Waals surface area contributed by atoms with E-state index in [0.29, 0.717) is 11.5 Å². The Bertz CT molecular complexity index is 533. The molecule has 3 aliphatic heterocycles. The van der Waals surface area contributed by atoms with Gasteiger partial charge in [0.2, 0.25) is 0 Å². The Kier molecular flexibility index (Phi) is 5.14. The standard InChI is InChI=1S/C20H28ClNO2/c21-17-3-1-16(2-4-17)13-19-14-20(15-24-19)7-9-22(10-8-20)18-5-11-23-12-6-18/h1-4,18-19H,5-15H2/t19-/m0/s1. The van der Waals surface area contributed by atoms with Crippen molar-refractivity contribution in [3.63, 3.8) is 0 Å². The minimum absolute atomic E-state index is 0.376. The average Bonchev–Trinajstić information content (AvgIpc) is 3.01. The van der Waals surface area contributed by atoms with Gasteiger partial charge in [-0.15, -0.1) is 0 Å². The van der Waals surface area contributed by atoms with Crippen molar-refractivity contribution in [1.82, 2.24) is 4.90 Å². The lowest BCUT2D eigenvalue weighted by atomic mass is 9.75. The smallest absolute Gasteiger partial charge is 0.0621 e. The van der Waals surface area contributed by atoms with E-state index in [4.69, 9.17) is 21.1 Å². The predicted octanol–water partition coefficient (Wildman–Crippen LogP) is 3.93. The maximum atomic E-state index is 6.19. The Labute approximate surface area is 150 Å². The van der Waals surface area contributed by atoms with Gasteiger partial charge in [-0.1, -0.05) is 23.7 Å². The summed E-state index contributed by atoms with van der Waals surface area (Å²) < 4.78 is 11.7. The van der Waals surface area contributed by atoms with Gasteiger partial charge in [0, 0.05) is 24.3 Å². The van der Waals surface area contributed by atoms with Gasteiger partial charge in [-0.2, -0.15) is 0 Å². The zero-order valence-corrected chi connectivity index (χ0v) is 15.1. The number of halogens is 1. The topological polar surface area (TPSA) is 21.7 Å². The summed E-state index contributed by atoms with van der Waals surface area (Å²) in [7, 11) is 0. The van der Waals surface area contributed by atoms with E-state index in [1.165, 1.54) is 50.8 Å². The summed E-state index contributed by atoms with van der Waals surface area (Å²) in [6, 6.07) is 8.97. The van der Waals surface area contributed by atoms with Crippen LogP contribution in [-0.2, 0) is 15.9 Å². The van der Waals surface area contributed by atoms with Crippen molar-refractivity contribution in [2.24, 2.45) is 5.41 Å². The normalized spacial score (nSPS) is 28.5. The van der Waals surface area contributed by atoms with Gasteiger partial charge >= 0.3 is 0 Å². The fraction of sp³-hybridized carbons (Fsp3) is 0.700. The molecule has 3 heterocycles. The number of nitrogens with zero attached hydrogens (tertiary/aromatic N) is 1. The van der Waals surface area contributed by atoms with Crippen molar-refractivity contribution < 1.29 is 9.47 Å². The van der Waals surface area contributed by atoms with Crippen LogP contribution >= 0.6 is 11.6 Å². The molecule has 0 aliphatic carbocycles. The molecule has 1 atom stereocenters. The minimum Gasteiger partial charge on any atom is -0.381 e. The molecule has 0 aromatic heterocycles. The second kappa shape index (κ2) is 7.33. The van der Waals surface area contributed by atoms with Gasteiger partial charge < -0.3 is 14.4 Å². The van der Waals surface area contributed by atoms with Crippen LogP contribution in [0, 0.1) is 5.41 Å². The van der Waals surface area contributed by atoms with Gasteiger partial charge in [0.05, 0.1) is 12.7 Å². The second-order valence-electron chi connectivity index (χ2n) is 7.85. The highest BCUT2D eigenvalue weighted by molar-refractivity contribution is 6.30. The molecule has 4 rings (SSSR count). The fourth-order valence-corrected chi connectivity index (χ4v) is 4.80. The van der Waals surface area contributed by atoms with E-state index < -0.39 is 0 Å². The minimum atomic E-state index is 0.376. The van der Waals surface area contributed by atoms with Crippen molar-refractivity contribution >= 4 is 11.6 Å². The molecule has 3 fully saturated rings. The van der Waals surface area contributed by atoms with Crippen LogP contribution in [0.4, 0.5) is 0 Å². The molecule has 132 valence electrons. The zero-order valence-electron chi connectivity index (χ0n) is 14.4. The summed E-state index contributed by atoms with van der Waals surface area (Å²) in [5.41, 5.74) is 1.76. The summed E-state index contributed by atoms with van der Waals surface area (Å²) in [6.45, 7) is 5.31. The third-order valence-electron chi connectivity index (χ3n) is 6.23. The third kappa shape index (κ3) is 3.80. The first-order valence-electron chi connectivity index (χ1n) is 9.40. The van der Waals surface area contributed by atoms with Crippen molar-refractivity contribution in [2.75, 3.05) is 32.9 Å². The lowest BCUT2D eigenvalue weighted by molar-refractivity contribution is 0.00223. The van der Waals surface area contributed by atoms with E-state index in [1.807, 2.05) is 12.1 Å². The van der Waals surface area contributed by atoms with Crippen molar-refractivity contribution in [2.45, 2.75) is 50.7 Å². The van der Waals surface area contributed by atoms with E-state index in [0.717, 1.165) is 37.3 Å². The molecule has 3 saturated heterocycles. The molecule has 3 aliphatic rings. The molecule has 4 heteroatoms. The van der Waals surface area contributed by atoms with E-state index in [1.54, 1.807) is 0 Å². The summed E-state index contributed by atoms with van der Waals surface area (Å²) in [6.07, 6.45) is 7.62. The molecule has 0 unspecified atom stereocenters. The first kappa shape index (κ1) is 16.8. The Morgan fingerprint density at radius 2 is 1.79 bits per heavy atom. The average molecular weight is 350 g/mol. The van der Waals surface area contributed by atoms with Crippen molar-refractivity contribution in [3.05, 3.63) is 34.9 Å². The van der Waals surface area contributed by atoms with Crippen LogP contribution in [0.3, 0.4) is 0 Å². The summed E-state index contributed by atoms with van der Waals surface area (Å²) >= 11 is 5.98. The number of hydrogen-bond acceptors (Lipinski definition) is 3. The second-order valence-corrected chi connectivity index (χ2v) is 8.28. The van der Waals surface area contributed by atoms with Crippen LogP contribution in [0.15, 0.2) is 24.3 Å². The molecular weight excluding hydrogens is 322 g/mol. The highest BCUT2D eigenvalue weighted by Crippen LogP contribution is 2.43. The summed E-state index contributed by atoms with van der Waals surface area (Å²) in [5.74, 6) is 0. The van der Waals surface area contributed by atoms with Crippen LogP contribution in [-0.4, -0.2) is 50.0 Å². The summed E-state index contributed by atoms with van der Waals surface area (Å²) in [4.78, 5) is 2.71. The Hall–Kier alpha value is -0.610. The lowest BCUT2D eigenvalue weighted by Crippen LogP contribution is -2.47. The van der Waals surface area contributed by atoms with E-state index in [2.05, 4.69) is 17.0 Å². The molecule has 0 bridgehead atoms. The molecule has 0 N–H and O–H groups in total. The Morgan fingerprint density at radius 3 is 2.50 bits per heavy atom. The Morgan fingerprint density at radius 1 is 1.08 bits per heavy atom. The molecule has 1 spiro atoms. The maximum absolute atomic E-state index is 6.19. The highest BCUT2D eigenvalue weighted by atomic mass is 35.5. The number of benzene rings is 1. The first-order valence-corrected chi connectivity index (χ1v) is 9.78. The van der Waals surface area contributed by atoms with Gasteiger partial charge in [0.25, 0.3) is 0 Å². The van der Waals surface area contributed by atoms with Crippen molar-refractivity contribution in [1.29, 1.82) is 0 Å². The van der Waals surface area contributed by atoms with Gasteiger partial charge in [-0.05, 0) is 74.7 Å². The van der Waals surface area contributed by atoms with Crippen LogP contribution in [0.1, 0.15) is 37.7 Å². The molecule has 0 radical (unpaired) electrons.